The first-order chi connectivity index (χ1) is 10.3. The fourth-order valence-electron chi connectivity index (χ4n) is 2.36. The molecule has 22 heavy (non-hydrogen) atoms. The van der Waals surface area contributed by atoms with Crippen LogP contribution in [0.5, 0.6) is 5.75 Å². The van der Waals surface area contributed by atoms with Crippen LogP contribution in [0.4, 0.5) is 18.9 Å². The molecule has 0 bridgehead atoms. The number of rotatable bonds is 4. The van der Waals surface area contributed by atoms with Gasteiger partial charge in [0.1, 0.15) is 5.75 Å². The molecule has 1 saturated carbocycles. The van der Waals surface area contributed by atoms with Crippen LogP contribution in [0.3, 0.4) is 0 Å². The number of benzene rings is 1. The van der Waals surface area contributed by atoms with Crippen molar-refractivity contribution in [3.63, 3.8) is 0 Å². The summed E-state index contributed by atoms with van der Waals surface area (Å²) in [6, 6.07) is 3.94. The molecular formula is C14H15ClF3NO3. The number of carbonyl (C=O) groups excluding carboxylic acids is 1. The van der Waals surface area contributed by atoms with Gasteiger partial charge in [0.25, 0.3) is 0 Å². The van der Waals surface area contributed by atoms with Crippen molar-refractivity contribution in [2.75, 3.05) is 11.9 Å². The second-order valence-corrected chi connectivity index (χ2v) is 5.57. The lowest BCUT2D eigenvalue weighted by Crippen LogP contribution is -2.29. The van der Waals surface area contributed by atoms with Crippen LogP contribution >= 0.6 is 11.6 Å². The van der Waals surface area contributed by atoms with Crippen LogP contribution in [-0.4, -0.2) is 29.9 Å². The second-order valence-electron chi connectivity index (χ2n) is 5.14. The maximum Gasteiger partial charge on any atom is 0.422 e. The van der Waals surface area contributed by atoms with Crippen molar-refractivity contribution in [2.45, 2.75) is 31.5 Å². The summed E-state index contributed by atoms with van der Waals surface area (Å²) >= 11 is 5.80. The van der Waals surface area contributed by atoms with Gasteiger partial charge in [-0.25, -0.2) is 0 Å². The van der Waals surface area contributed by atoms with Gasteiger partial charge in [0.05, 0.1) is 17.7 Å². The highest BCUT2D eigenvalue weighted by molar-refractivity contribution is 6.31. The molecule has 0 aliphatic heterocycles. The van der Waals surface area contributed by atoms with Gasteiger partial charge in [-0.2, -0.15) is 13.2 Å². The van der Waals surface area contributed by atoms with Crippen molar-refractivity contribution < 1.29 is 27.8 Å². The monoisotopic (exact) mass is 337 g/mol. The summed E-state index contributed by atoms with van der Waals surface area (Å²) in [5.41, 5.74) is 0.0563. The lowest BCUT2D eigenvalue weighted by molar-refractivity contribution is -0.153. The van der Waals surface area contributed by atoms with Crippen LogP contribution in [0.2, 0.25) is 5.02 Å². The quantitative estimate of drug-likeness (QED) is 0.885. The molecule has 122 valence electrons. The number of aliphatic hydroxyl groups excluding tert-OH is 1. The Kier molecular flexibility index (Phi) is 5.18. The second kappa shape index (κ2) is 6.75. The highest BCUT2D eigenvalue weighted by Gasteiger charge is 2.32. The topological polar surface area (TPSA) is 58.6 Å². The van der Waals surface area contributed by atoms with Crippen molar-refractivity contribution in [1.82, 2.24) is 0 Å². The smallest absolute Gasteiger partial charge is 0.422 e. The van der Waals surface area contributed by atoms with E-state index in [0.29, 0.717) is 12.8 Å². The number of anilines is 1. The zero-order valence-corrected chi connectivity index (χ0v) is 12.2. The standard InChI is InChI=1S/C14H15ClF3NO3/c15-8-4-5-12(22-7-14(16,17)18)10(6-8)19-13(21)9-2-1-3-11(9)20/h4-6,9,11,20H,1-3,7H2,(H,19,21). The van der Waals surface area contributed by atoms with E-state index in [1.165, 1.54) is 18.2 Å². The van der Waals surface area contributed by atoms with Crippen LogP contribution in [-0.2, 0) is 4.79 Å². The number of hydrogen-bond donors (Lipinski definition) is 2. The van der Waals surface area contributed by atoms with Crippen LogP contribution < -0.4 is 10.1 Å². The number of halogens is 4. The molecule has 0 radical (unpaired) electrons. The van der Waals surface area contributed by atoms with E-state index in [9.17, 15) is 23.1 Å². The molecule has 1 amide bonds. The number of amides is 1. The molecule has 8 heteroatoms. The lowest BCUT2D eigenvalue weighted by atomic mass is 10.1. The van der Waals surface area contributed by atoms with Gasteiger partial charge < -0.3 is 15.2 Å². The molecule has 0 spiro atoms. The van der Waals surface area contributed by atoms with Gasteiger partial charge in [0.2, 0.25) is 5.91 Å². The minimum absolute atomic E-state index is 0.0563. The Balaban J connectivity index is 2.11. The SMILES string of the molecule is O=C(Nc1cc(Cl)ccc1OCC(F)(F)F)C1CCCC1O. The van der Waals surface area contributed by atoms with Crippen LogP contribution in [0.15, 0.2) is 18.2 Å². The fourth-order valence-corrected chi connectivity index (χ4v) is 2.53. The van der Waals surface area contributed by atoms with Gasteiger partial charge in [0.15, 0.2) is 6.61 Å². The largest absolute Gasteiger partial charge is 0.482 e. The number of nitrogens with one attached hydrogen (secondary N) is 1. The lowest BCUT2D eigenvalue weighted by Gasteiger charge is -2.17. The summed E-state index contributed by atoms with van der Waals surface area (Å²) in [7, 11) is 0. The van der Waals surface area contributed by atoms with Crippen molar-refractivity contribution in [3.05, 3.63) is 23.2 Å². The van der Waals surface area contributed by atoms with E-state index in [1.807, 2.05) is 0 Å². The molecule has 2 unspecified atom stereocenters. The third kappa shape index (κ3) is 4.51. The first kappa shape index (κ1) is 16.9. The highest BCUT2D eigenvalue weighted by atomic mass is 35.5. The summed E-state index contributed by atoms with van der Waals surface area (Å²) in [4.78, 5) is 12.1. The van der Waals surface area contributed by atoms with Crippen LogP contribution in [0, 0.1) is 5.92 Å². The third-order valence-corrected chi connectivity index (χ3v) is 3.64. The van der Waals surface area contributed by atoms with E-state index in [2.05, 4.69) is 10.1 Å². The highest BCUT2D eigenvalue weighted by Crippen LogP contribution is 2.32. The van der Waals surface area contributed by atoms with E-state index in [0.717, 1.165) is 6.42 Å². The van der Waals surface area contributed by atoms with Gasteiger partial charge in [0, 0.05) is 5.02 Å². The molecule has 2 atom stereocenters. The number of alkyl halides is 3. The van der Waals surface area contributed by atoms with Gasteiger partial charge >= 0.3 is 6.18 Å². The molecule has 2 rings (SSSR count). The molecule has 0 heterocycles. The molecule has 1 fully saturated rings. The fraction of sp³-hybridized carbons (Fsp3) is 0.500. The zero-order valence-electron chi connectivity index (χ0n) is 11.5. The third-order valence-electron chi connectivity index (χ3n) is 3.41. The Morgan fingerprint density at radius 1 is 1.41 bits per heavy atom. The molecule has 1 aliphatic rings. The number of aliphatic hydroxyl groups is 1. The average Bonchev–Trinajstić information content (AvgIpc) is 2.83. The summed E-state index contributed by atoms with van der Waals surface area (Å²) in [5, 5.41) is 12.4. The van der Waals surface area contributed by atoms with Crippen molar-refractivity contribution in [3.8, 4) is 5.75 Å². The first-order valence-corrected chi connectivity index (χ1v) is 7.12. The maximum atomic E-state index is 12.2. The Labute approximate surface area is 130 Å². The minimum Gasteiger partial charge on any atom is -0.482 e. The number of hydrogen-bond acceptors (Lipinski definition) is 3. The van der Waals surface area contributed by atoms with E-state index < -0.39 is 30.7 Å². The van der Waals surface area contributed by atoms with Gasteiger partial charge in [-0.3, -0.25) is 4.79 Å². The molecular weight excluding hydrogens is 323 g/mol. The van der Waals surface area contributed by atoms with Crippen molar-refractivity contribution in [2.24, 2.45) is 5.92 Å². The maximum absolute atomic E-state index is 12.2. The van der Waals surface area contributed by atoms with Crippen LogP contribution in [0.25, 0.3) is 0 Å². The van der Waals surface area contributed by atoms with Gasteiger partial charge in [-0.15, -0.1) is 0 Å². The van der Waals surface area contributed by atoms with Crippen molar-refractivity contribution >= 4 is 23.2 Å². The summed E-state index contributed by atoms with van der Waals surface area (Å²) < 4.78 is 41.4. The molecule has 1 aliphatic carbocycles. The Morgan fingerprint density at radius 3 is 2.73 bits per heavy atom. The molecule has 0 saturated heterocycles. The molecule has 4 nitrogen and oxygen atoms in total. The van der Waals surface area contributed by atoms with E-state index >= 15 is 0 Å². The molecule has 1 aromatic carbocycles. The normalized spacial score (nSPS) is 21.7. The Morgan fingerprint density at radius 2 is 2.14 bits per heavy atom. The predicted octanol–water partition coefficient (Wildman–Crippen LogP) is 3.38. The van der Waals surface area contributed by atoms with Gasteiger partial charge in [-0.1, -0.05) is 11.6 Å². The number of ether oxygens (including phenoxy) is 1. The summed E-state index contributed by atoms with van der Waals surface area (Å²) in [5.74, 6) is -1.15. The van der Waals surface area contributed by atoms with E-state index in [1.54, 1.807) is 0 Å². The van der Waals surface area contributed by atoms with E-state index in [4.69, 9.17) is 11.6 Å². The minimum atomic E-state index is -4.48. The summed E-state index contributed by atoms with van der Waals surface area (Å²) in [6.45, 7) is -1.47. The van der Waals surface area contributed by atoms with Crippen molar-refractivity contribution in [1.29, 1.82) is 0 Å². The average molecular weight is 338 g/mol. The zero-order chi connectivity index (χ0) is 16.3. The Hall–Kier alpha value is -1.47. The first-order valence-electron chi connectivity index (χ1n) is 6.74. The van der Waals surface area contributed by atoms with Gasteiger partial charge in [-0.05, 0) is 37.5 Å². The summed E-state index contributed by atoms with van der Waals surface area (Å²) in [6.07, 6.45) is -3.43. The predicted molar refractivity (Wildman–Crippen MR) is 75.0 cm³/mol. The van der Waals surface area contributed by atoms with E-state index in [-0.39, 0.29) is 16.5 Å². The molecule has 1 aromatic rings. The van der Waals surface area contributed by atoms with Crippen LogP contribution in [0.1, 0.15) is 19.3 Å². The Bertz CT molecular complexity index is 551. The number of carbonyl (C=O) groups is 1. The molecule has 0 aromatic heterocycles. The molecule has 2 N–H and O–H groups in total.